The van der Waals surface area contributed by atoms with Crippen LogP contribution >= 0.6 is 11.6 Å². The molecule has 8 nitrogen and oxygen atoms in total. The van der Waals surface area contributed by atoms with Crippen molar-refractivity contribution in [2.75, 3.05) is 11.9 Å². The summed E-state index contributed by atoms with van der Waals surface area (Å²) in [5.74, 6) is -0.567. The van der Waals surface area contributed by atoms with Gasteiger partial charge in [0.2, 0.25) is 5.91 Å². The summed E-state index contributed by atoms with van der Waals surface area (Å²) >= 11 is 6.16. The molecule has 1 aliphatic carbocycles. The number of amides is 2. The molecular weight excluding hydrogens is 416 g/mol. The molecule has 2 amide bonds. The van der Waals surface area contributed by atoms with Crippen molar-refractivity contribution in [2.24, 2.45) is 4.99 Å². The largest absolute Gasteiger partial charge is 0.349 e. The Bertz CT molecular complexity index is 1140. The van der Waals surface area contributed by atoms with Crippen LogP contribution in [0.5, 0.6) is 0 Å². The molecule has 0 radical (unpaired) electrons. The molecule has 0 atom stereocenters. The van der Waals surface area contributed by atoms with E-state index in [-0.39, 0.29) is 34.2 Å². The average Bonchev–Trinajstić information content (AvgIpc) is 3.44. The summed E-state index contributed by atoms with van der Waals surface area (Å²) in [6.45, 7) is -0.284. The van der Waals surface area contributed by atoms with Crippen molar-refractivity contribution in [2.45, 2.75) is 23.8 Å². The van der Waals surface area contributed by atoms with Crippen molar-refractivity contribution in [1.29, 1.82) is 0 Å². The summed E-state index contributed by atoms with van der Waals surface area (Å²) in [7, 11) is -3.65. The van der Waals surface area contributed by atoms with Crippen LogP contribution in [-0.4, -0.2) is 38.7 Å². The lowest BCUT2D eigenvalue weighted by molar-refractivity contribution is -0.114. The summed E-state index contributed by atoms with van der Waals surface area (Å²) < 4.78 is 26.5. The van der Waals surface area contributed by atoms with Gasteiger partial charge in [0.25, 0.3) is 15.9 Å². The lowest BCUT2D eigenvalue weighted by atomic mass is 10.2. The fourth-order valence-corrected chi connectivity index (χ4v) is 4.39. The molecule has 0 bridgehead atoms. The fourth-order valence-electron chi connectivity index (χ4n) is 2.87. The molecule has 2 aromatic carbocycles. The zero-order chi connectivity index (χ0) is 20.6. The summed E-state index contributed by atoms with van der Waals surface area (Å²) in [6.07, 6.45) is 1.95. The standard InChI is InChI=1S/C19H17ClN4O4S/c20-15-9-12(7-8-13(15)19(26)23-11-5-6-11)22-17(25)10-21-18-14-3-1-2-4-16(14)29(27,28)24-18/h1-4,7-9,11H,5-6,10H2,(H,21,24)(H,22,25)(H,23,26). The Morgan fingerprint density at radius 1 is 1.17 bits per heavy atom. The number of amidine groups is 1. The first-order chi connectivity index (χ1) is 13.8. The zero-order valence-corrected chi connectivity index (χ0v) is 16.7. The van der Waals surface area contributed by atoms with Crippen LogP contribution in [0.2, 0.25) is 5.02 Å². The smallest absolute Gasteiger partial charge is 0.263 e. The van der Waals surface area contributed by atoms with Gasteiger partial charge in [-0.2, -0.15) is 0 Å². The number of nitrogens with one attached hydrogen (secondary N) is 3. The molecule has 10 heteroatoms. The molecule has 0 spiro atoms. The van der Waals surface area contributed by atoms with Crippen LogP contribution in [0, 0.1) is 0 Å². The number of carbonyl (C=O) groups is 2. The second-order valence-electron chi connectivity index (χ2n) is 6.76. The third kappa shape index (κ3) is 4.25. The summed E-state index contributed by atoms with van der Waals surface area (Å²) in [6, 6.07) is 11.2. The molecular formula is C19H17ClN4O4S. The first-order valence-corrected chi connectivity index (χ1v) is 10.8. The Morgan fingerprint density at radius 2 is 1.93 bits per heavy atom. The van der Waals surface area contributed by atoms with Crippen LogP contribution in [0.25, 0.3) is 0 Å². The lowest BCUT2D eigenvalue weighted by Crippen LogP contribution is -2.26. The van der Waals surface area contributed by atoms with Crippen molar-refractivity contribution in [3.8, 4) is 0 Å². The van der Waals surface area contributed by atoms with Gasteiger partial charge in [-0.3, -0.25) is 19.3 Å². The van der Waals surface area contributed by atoms with Crippen molar-refractivity contribution >= 4 is 45.0 Å². The molecule has 150 valence electrons. The number of hydrogen-bond donors (Lipinski definition) is 3. The second kappa shape index (κ2) is 7.49. The van der Waals surface area contributed by atoms with Gasteiger partial charge in [0.05, 0.1) is 15.5 Å². The van der Waals surface area contributed by atoms with Crippen LogP contribution in [0.3, 0.4) is 0 Å². The maximum atomic E-state index is 12.2. The molecule has 2 aliphatic rings. The molecule has 1 fully saturated rings. The van der Waals surface area contributed by atoms with Crippen molar-refractivity contribution in [3.05, 3.63) is 58.6 Å². The van der Waals surface area contributed by atoms with Crippen molar-refractivity contribution in [3.63, 3.8) is 0 Å². The Balaban J connectivity index is 1.42. The summed E-state index contributed by atoms with van der Waals surface area (Å²) in [5.41, 5.74) is 1.18. The average molecular weight is 433 g/mol. The highest BCUT2D eigenvalue weighted by Crippen LogP contribution is 2.24. The first-order valence-electron chi connectivity index (χ1n) is 8.90. The van der Waals surface area contributed by atoms with E-state index in [1.165, 1.54) is 12.1 Å². The van der Waals surface area contributed by atoms with Crippen LogP contribution in [0.15, 0.2) is 52.4 Å². The molecule has 1 aliphatic heterocycles. The second-order valence-corrected chi connectivity index (χ2v) is 8.82. The topological polar surface area (TPSA) is 117 Å². The normalized spacial score (nSPS) is 18.0. The van der Waals surface area contributed by atoms with Crippen LogP contribution in [0.4, 0.5) is 5.69 Å². The van der Waals surface area contributed by atoms with E-state index in [4.69, 9.17) is 11.6 Å². The minimum atomic E-state index is -3.65. The van der Waals surface area contributed by atoms with Gasteiger partial charge in [0, 0.05) is 17.3 Å². The number of aliphatic imine (C=N–C) groups is 1. The van der Waals surface area contributed by atoms with Gasteiger partial charge in [0.1, 0.15) is 12.4 Å². The fraction of sp³-hybridized carbons (Fsp3) is 0.211. The minimum absolute atomic E-state index is 0.126. The molecule has 1 saturated carbocycles. The Morgan fingerprint density at radius 3 is 2.66 bits per heavy atom. The summed E-state index contributed by atoms with van der Waals surface area (Å²) in [4.78, 5) is 28.5. The monoisotopic (exact) mass is 432 g/mol. The van der Waals surface area contributed by atoms with Crippen LogP contribution < -0.4 is 15.4 Å². The summed E-state index contributed by atoms with van der Waals surface area (Å²) in [5, 5.41) is 5.71. The number of carbonyl (C=O) groups excluding carboxylic acids is 2. The molecule has 0 aromatic heterocycles. The van der Waals surface area contributed by atoms with E-state index in [1.54, 1.807) is 30.3 Å². The minimum Gasteiger partial charge on any atom is -0.349 e. The maximum Gasteiger partial charge on any atom is 0.263 e. The third-order valence-corrected chi connectivity index (χ3v) is 6.16. The molecule has 0 unspecified atom stereocenters. The molecule has 4 rings (SSSR count). The Hall–Kier alpha value is -2.91. The van der Waals surface area contributed by atoms with E-state index in [9.17, 15) is 18.0 Å². The highest BCUT2D eigenvalue weighted by atomic mass is 35.5. The van der Waals surface area contributed by atoms with Gasteiger partial charge in [-0.05, 0) is 43.2 Å². The number of anilines is 1. The number of nitrogens with zero attached hydrogens (tertiary/aromatic N) is 1. The SMILES string of the molecule is O=C(CN=C1NS(=O)(=O)c2ccccc21)Nc1ccc(C(=O)NC2CC2)c(Cl)c1. The molecule has 29 heavy (non-hydrogen) atoms. The highest BCUT2D eigenvalue weighted by Gasteiger charge is 2.30. The van der Waals surface area contributed by atoms with E-state index in [0.717, 1.165) is 12.8 Å². The number of hydrogen-bond acceptors (Lipinski definition) is 5. The number of rotatable bonds is 5. The third-order valence-electron chi connectivity index (χ3n) is 4.45. The maximum absolute atomic E-state index is 12.2. The number of fused-ring (bicyclic) bond motifs is 1. The van der Waals surface area contributed by atoms with Gasteiger partial charge in [-0.15, -0.1) is 0 Å². The van der Waals surface area contributed by atoms with Crippen molar-refractivity contribution in [1.82, 2.24) is 10.0 Å². The molecule has 1 heterocycles. The van der Waals surface area contributed by atoms with Gasteiger partial charge < -0.3 is 10.6 Å². The van der Waals surface area contributed by atoms with E-state index < -0.39 is 15.9 Å². The molecule has 0 saturated heterocycles. The first kappa shape index (κ1) is 19.4. The number of halogens is 1. The van der Waals surface area contributed by atoms with Crippen LogP contribution in [-0.2, 0) is 14.8 Å². The van der Waals surface area contributed by atoms with Gasteiger partial charge in [-0.25, -0.2) is 8.42 Å². The van der Waals surface area contributed by atoms with Gasteiger partial charge >= 0.3 is 0 Å². The van der Waals surface area contributed by atoms with Gasteiger partial charge in [-0.1, -0.05) is 23.7 Å². The quantitative estimate of drug-likeness (QED) is 0.669. The highest BCUT2D eigenvalue weighted by molar-refractivity contribution is 7.90. The van der Waals surface area contributed by atoms with E-state index in [1.807, 2.05) is 0 Å². The van der Waals surface area contributed by atoms with Crippen LogP contribution in [0.1, 0.15) is 28.8 Å². The molecule has 3 N–H and O–H groups in total. The zero-order valence-electron chi connectivity index (χ0n) is 15.1. The predicted octanol–water partition coefficient (Wildman–Crippen LogP) is 1.91. The molecule has 2 aromatic rings. The number of sulfonamides is 1. The predicted molar refractivity (Wildman–Crippen MR) is 109 cm³/mol. The Kier molecular flexibility index (Phi) is 5.01. The van der Waals surface area contributed by atoms with Crippen molar-refractivity contribution < 1.29 is 18.0 Å². The van der Waals surface area contributed by atoms with E-state index in [2.05, 4.69) is 20.3 Å². The van der Waals surface area contributed by atoms with E-state index >= 15 is 0 Å². The lowest BCUT2D eigenvalue weighted by Gasteiger charge is -2.08. The number of benzene rings is 2. The van der Waals surface area contributed by atoms with E-state index in [0.29, 0.717) is 16.8 Å². The van der Waals surface area contributed by atoms with Gasteiger partial charge in [0.15, 0.2) is 0 Å². The Labute approximate surface area is 172 Å².